The monoisotopic (exact) mass is 290 g/mol. The van der Waals surface area contributed by atoms with E-state index in [1.54, 1.807) is 17.1 Å². The first-order valence-electron chi connectivity index (χ1n) is 7.20. The van der Waals surface area contributed by atoms with E-state index in [2.05, 4.69) is 47.2 Å². The molecule has 0 fully saturated rings. The third-order valence-electron chi connectivity index (χ3n) is 3.65. The topological polar surface area (TPSA) is 56.7 Å². The molecule has 1 atom stereocenters. The number of rotatable bonds is 5. The molecule has 110 valence electrons. The first-order chi connectivity index (χ1) is 10.8. The second kappa shape index (κ2) is 6.37. The number of allylic oxidation sites excluding steroid dienone is 1. The van der Waals surface area contributed by atoms with Crippen LogP contribution in [-0.2, 0) is 6.42 Å². The van der Waals surface area contributed by atoms with Crippen molar-refractivity contribution in [2.24, 2.45) is 5.73 Å². The van der Waals surface area contributed by atoms with Gasteiger partial charge in [-0.1, -0.05) is 59.8 Å². The zero-order valence-electron chi connectivity index (χ0n) is 12.3. The van der Waals surface area contributed by atoms with E-state index in [0.717, 1.165) is 23.1 Å². The molecule has 2 N–H and O–H groups in total. The lowest BCUT2D eigenvalue weighted by Crippen LogP contribution is -2.21. The normalized spacial score (nSPS) is 12.0. The molecule has 2 aromatic carbocycles. The molecule has 0 saturated heterocycles. The minimum atomic E-state index is -0.355. The van der Waals surface area contributed by atoms with E-state index in [1.165, 1.54) is 5.56 Å². The molecule has 0 spiro atoms. The highest BCUT2D eigenvalue weighted by Crippen LogP contribution is 2.28. The molecule has 22 heavy (non-hydrogen) atoms. The summed E-state index contributed by atoms with van der Waals surface area (Å²) in [6.45, 7) is 3.77. The molecule has 4 heteroatoms. The largest absolute Gasteiger partial charge is 0.306 e. The van der Waals surface area contributed by atoms with Crippen LogP contribution in [0.4, 0.5) is 0 Å². The fourth-order valence-electron chi connectivity index (χ4n) is 2.51. The highest BCUT2D eigenvalue weighted by molar-refractivity contribution is 5.68. The number of nitrogens with zero attached hydrogens (tertiary/aromatic N) is 3. The smallest absolute Gasteiger partial charge is 0.127 e. The van der Waals surface area contributed by atoms with Gasteiger partial charge in [-0.25, -0.2) is 4.68 Å². The standard InChI is InChI=1S/C18H18N4/c1-2-5-14-8-10-15(11-9-14)16-6-3-4-7-17(16)18(19)22-13-12-20-21-22/h2-4,6-13,18H,1,5,19H2. The van der Waals surface area contributed by atoms with Gasteiger partial charge in [0, 0.05) is 6.20 Å². The Bertz CT molecular complexity index is 745. The van der Waals surface area contributed by atoms with Crippen molar-refractivity contribution in [1.29, 1.82) is 0 Å². The van der Waals surface area contributed by atoms with E-state index in [-0.39, 0.29) is 6.17 Å². The summed E-state index contributed by atoms with van der Waals surface area (Å²) in [5, 5.41) is 7.82. The first kappa shape index (κ1) is 14.2. The fraction of sp³-hybridized carbons (Fsp3) is 0.111. The number of hydrogen-bond acceptors (Lipinski definition) is 3. The lowest BCUT2D eigenvalue weighted by Gasteiger charge is -2.16. The lowest BCUT2D eigenvalue weighted by molar-refractivity contribution is 0.523. The molecule has 0 aliphatic heterocycles. The molecule has 0 saturated carbocycles. The van der Waals surface area contributed by atoms with Crippen LogP contribution in [0.3, 0.4) is 0 Å². The first-order valence-corrected chi connectivity index (χ1v) is 7.20. The highest BCUT2D eigenvalue weighted by Gasteiger charge is 2.14. The van der Waals surface area contributed by atoms with Crippen molar-refractivity contribution >= 4 is 0 Å². The van der Waals surface area contributed by atoms with E-state index in [9.17, 15) is 0 Å². The third kappa shape index (κ3) is 2.82. The van der Waals surface area contributed by atoms with Crippen molar-refractivity contribution < 1.29 is 0 Å². The van der Waals surface area contributed by atoms with Gasteiger partial charge in [-0.3, -0.25) is 0 Å². The van der Waals surface area contributed by atoms with Gasteiger partial charge >= 0.3 is 0 Å². The lowest BCUT2D eigenvalue weighted by atomic mass is 9.97. The summed E-state index contributed by atoms with van der Waals surface area (Å²) < 4.78 is 1.66. The second-order valence-corrected chi connectivity index (χ2v) is 5.10. The van der Waals surface area contributed by atoms with Crippen LogP contribution in [0.1, 0.15) is 17.3 Å². The van der Waals surface area contributed by atoms with Gasteiger partial charge in [0.25, 0.3) is 0 Å². The number of aromatic nitrogens is 3. The van der Waals surface area contributed by atoms with Crippen LogP contribution in [0.5, 0.6) is 0 Å². The maximum atomic E-state index is 6.32. The summed E-state index contributed by atoms with van der Waals surface area (Å²) in [5.41, 5.74) is 10.8. The summed E-state index contributed by atoms with van der Waals surface area (Å²) >= 11 is 0. The third-order valence-corrected chi connectivity index (χ3v) is 3.65. The summed E-state index contributed by atoms with van der Waals surface area (Å²) in [6.07, 6.45) is 5.83. The van der Waals surface area contributed by atoms with E-state index >= 15 is 0 Å². The number of hydrogen-bond donors (Lipinski definition) is 1. The Kier molecular flexibility index (Phi) is 4.12. The molecule has 1 aromatic heterocycles. The van der Waals surface area contributed by atoms with Crippen LogP contribution in [0.2, 0.25) is 0 Å². The van der Waals surface area contributed by atoms with Crippen molar-refractivity contribution in [2.75, 3.05) is 0 Å². The molecule has 1 unspecified atom stereocenters. The van der Waals surface area contributed by atoms with E-state index in [1.807, 2.05) is 24.3 Å². The van der Waals surface area contributed by atoms with Gasteiger partial charge in [-0.15, -0.1) is 11.7 Å². The molecule has 0 aliphatic rings. The van der Waals surface area contributed by atoms with Gasteiger partial charge in [-0.2, -0.15) is 0 Å². The SMILES string of the molecule is C=CCc1ccc(-c2ccccc2C(N)n2ccnn2)cc1. The van der Waals surface area contributed by atoms with Crippen LogP contribution < -0.4 is 5.73 Å². The molecular weight excluding hydrogens is 272 g/mol. The Balaban J connectivity index is 1.99. The molecule has 0 amide bonds. The average molecular weight is 290 g/mol. The van der Waals surface area contributed by atoms with Gasteiger partial charge in [0.1, 0.15) is 6.17 Å². The quantitative estimate of drug-likeness (QED) is 0.734. The van der Waals surface area contributed by atoms with Crippen molar-refractivity contribution in [1.82, 2.24) is 15.0 Å². The predicted octanol–water partition coefficient (Wildman–Crippen LogP) is 3.18. The average Bonchev–Trinajstić information content (AvgIpc) is 3.10. The Morgan fingerprint density at radius 3 is 2.59 bits per heavy atom. The molecule has 3 rings (SSSR count). The molecule has 0 bridgehead atoms. The van der Waals surface area contributed by atoms with Gasteiger partial charge in [-0.05, 0) is 28.7 Å². The second-order valence-electron chi connectivity index (χ2n) is 5.10. The van der Waals surface area contributed by atoms with Crippen molar-refractivity contribution in [3.8, 4) is 11.1 Å². The molecule has 0 radical (unpaired) electrons. The van der Waals surface area contributed by atoms with Crippen LogP contribution in [0.15, 0.2) is 73.6 Å². The zero-order valence-corrected chi connectivity index (χ0v) is 12.3. The highest BCUT2D eigenvalue weighted by atomic mass is 15.4. The molecule has 0 aliphatic carbocycles. The molecular formula is C18H18N4. The number of nitrogens with two attached hydrogens (primary N) is 1. The maximum absolute atomic E-state index is 6.32. The van der Waals surface area contributed by atoms with E-state index < -0.39 is 0 Å². The summed E-state index contributed by atoms with van der Waals surface area (Å²) in [6, 6.07) is 16.6. The van der Waals surface area contributed by atoms with Crippen LogP contribution in [0.25, 0.3) is 11.1 Å². The Morgan fingerprint density at radius 1 is 1.14 bits per heavy atom. The Morgan fingerprint density at radius 2 is 1.91 bits per heavy atom. The van der Waals surface area contributed by atoms with Crippen LogP contribution in [0, 0.1) is 0 Å². The minimum Gasteiger partial charge on any atom is -0.306 e. The van der Waals surface area contributed by atoms with Gasteiger partial charge in [0.15, 0.2) is 0 Å². The molecule has 4 nitrogen and oxygen atoms in total. The van der Waals surface area contributed by atoms with Gasteiger partial charge < -0.3 is 5.73 Å². The summed E-state index contributed by atoms with van der Waals surface area (Å²) in [7, 11) is 0. The maximum Gasteiger partial charge on any atom is 0.127 e. The van der Waals surface area contributed by atoms with Gasteiger partial charge in [0.05, 0.1) is 6.20 Å². The van der Waals surface area contributed by atoms with Crippen molar-refractivity contribution in [3.05, 3.63) is 84.7 Å². The summed E-state index contributed by atoms with van der Waals surface area (Å²) in [5.74, 6) is 0. The predicted molar refractivity (Wildman–Crippen MR) is 88.1 cm³/mol. The van der Waals surface area contributed by atoms with Crippen LogP contribution >= 0.6 is 0 Å². The van der Waals surface area contributed by atoms with Crippen LogP contribution in [-0.4, -0.2) is 15.0 Å². The summed E-state index contributed by atoms with van der Waals surface area (Å²) in [4.78, 5) is 0. The van der Waals surface area contributed by atoms with E-state index in [0.29, 0.717) is 0 Å². The Hall–Kier alpha value is -2.72. The molecule has 1 heterocycles. The number of benzene rings is 2. The van der Waals surface area contributed by atoms with E-state index in [4.69, 9.17) is 5.73 Å². The zero-order chi connectivity index (χ0) is 15.4. The fourth-order valence-corrected chi connectivity index (χ4v) is 2.51. The molecule has 3 aromatic rings. The van der Waals surface area contributed by atoms with Crippen molar-refractivity contribution in [2.45, 2.75) is 12.6 Å². The minimum absolute atomic E-state index is 0.355. The van der Waals surface area contributed by atoms with Gasteiger partial charge in [0.2, 0.25) is 0 Å². The Labute approximate surface area is 129 Å². The van der Waals surface area contributed by atoms with Crippen molar-refractivity contribution in [3.63, 3.8) is 0 Å².